The van der Waals surface area contributed by atoms with Gasteiger partial charge in [-0.1, -0.05) is 0 Å². The Balaban J connectivity index is 2.22. The van der Waals surface area contributed by atoms with Gasteiger partial charge in [-0.2, -0.15) is 5.26 Å². The van der Waals surface area contributed by atoms with E-state index in [0.29, 0.717) is 18.0 Å². The van der Waals surface area contributed by atoms with E-state index in [0.717, 1.165) is 4.57 Å². The number of nitrogens with zero attached hydrogens (tertiary/aromatic N) is 3. The molecule has 1 amide bonds. The Morgan fingerprint density at radius 2 is 1.92 bits per heavy atom. The number of hydrogen-bond acceptors (Lipinski definition) is 5. The lowest BCUT2D eigenvalue weighted by atomic mass is 10.3. The summed E-state index contributed by atoms with van der Waals surface area (Å²) in [6.07, 6.45) is 1.20. The lowest BCUT2D eigenvalue weighted by Crippen LogP contribution is -2.43. The molecule has 8 nitrogen and oxygen atoms in total. The number of aromatic nitrogens is 2. The maximum Gasteiger partial charge on any atom is 0.331 e. The zero-order valence-electron chi connectivity index (χ0n) is 14.0. The van der Waals surface area contributed by atoms with E-state index in [9.17, 15) is 14.4 Å². The van der Waals surface area contributed by atoms with E-state index in [1.807, 2.05) is 6.92 Å². The van der Waals surface area contributed by atoms with E-state index in [2.05, 4.69) is 5.32 Å². The van der Waals surface area contributed by atoms with Crippen molar-refractivity contribution in [2.24, 2.45) is 0 Å². The Morgan fingerprint density at radius 1 is 1.24 bits per heavy atom. The molecule has 2 rings (SSSR count). The molecule has 0 spiro atoms. The molecule has 0 saturated carbocycles. The molecule has 1 aromatic heterocycles. The molecule has 1 aromatic carbocycles. The standard InChI is InChI=1S/C17H18N4O4/c1-3-20-10-12(9-18)16(23)21(17(20)24)11-15(22)19-13-5-7-14(8-6-13)25-4-2/h5-8,10H,3-4,11H2,1-2H3,(H,19,22). The van der Waals surface area contributed by atoms with Gasteiger partial charge in [0.15, 0.2) is 0 Å². The fourth-order valence-corrected chi connectivity index (χ4v) is 2.24. The third kappa shape index (κ3) is 4.14. The lowest BCUT2D eigenvalue weighted by molar-refractivity contribution is -0.116. The van der Waals surface area contributed by atoms with E-state index < -0.39 is 23.7 Å². The molecular formula is C17H18N4O4. The highest BCUT2D eigenvalue weighted by molar-refractivity contribution is 5.90. The number of nitriles is 1. The van der Waals surface area contributed by atoms with Crippen LogP contribution in [0.4, 0.5) is 5.69 Å². The van der Waals surface area contributed by atoms with Gasteiger partial charge in [0.2, 0.25) is 5.91 Å². The second-order valence-corrected chi connectivity index (χ2v) is 5.12. The van der Waals surface area contributed by atoms with Crippen molar-refractivity contribution < 1.29 is 9.53 Å². The third-order valence-corrected chi connectivity index (χ3v) is 3.45. The molecule has 0 fully saturated rings. The normalized spacial score (nSPS) is 10.1. The molecule has 130 valence electrons. The van der Waals surface area contributed by atoms with Crippen LogP contribution in [0.2, 0.25) is 0 Å². The predicted octanol–water partition coefficient (Wildman–Crippen LogP) is 0.939. The highest BCUT2D eigenvalue weighted by atomic mass is 16.5. The van der Waals surface area contributed by atoms with Crippen LogP contribution in [0, 0.1) is 11.3 Å². The van der Waals surface area contributed by atoms with Crippen molar-refractivity contribution >= 4 is 11.6 Å². The Bertz CT molecular complexity index is 920. The quantitative estimate of drug-likeness (QED) is 0.841. The van der Waals surface area contributed by atoms with Crippen LogP contribution < -0.4 is 21.3 Å². The maximum atomic E-state index is 12.2. The van der Waals surface area contributed by atoms with E-state index in [-0.39, 0.29) is 12.1 Å². The van der Waals surface area contributed by atoms with E-state index >= 15 is 0 Å². The molecule has 0 bridgehead atoms. The number of anilines is 1. The maximum absolute atomic E-state index is 12.2. The van der Waals surface area contributed by atoms with Crippen molar-refractivity contribution in [2.45, 2.75) is 26.9 Å². The van der Waals surface area contributed by atoms with Crippen LogP contribution in [-0.4, -0.2) is 21.6 Å². The van der Waals surface area contributed by atoms with Gasteiger partial charge >= 0.3 is 5.69 Å². The van der Waals surface area contributed by atoms with E-state index in [1.165, 1.54) is 10.8 Å². The van der Waals surface area contributed by atoms with Gasteiger partial charge in [0, 0.05) is 18.4 Å². The molecule has 0 saturated heterocycles. The first-order valence-electron chi connectivity index (χ1n) is 7.77. The molecule has 0 aliphatic carbocycles. The summed E-state index contributed by atoms with van der Waals surface area (Å²) in [5, 5.41) is 11.6. The van der Waals surface area contributed by atoms with Crippen molar-refractivity contribution in [1.82, 2.24) is 9.13 Å². The van der Waals surface area contributed by atoms with Gasteiger partial charge in [-0.15, -0.1) is 0 Å². The Morgan fingerprint density at radius 3 is 2.48 bits per heavy atom. The molecule has 0 aliphatic rings. The number of carbonyl (C=O) groups excluding carboxylic acids is 1. The van der Waals surface area contributed by atoms with Gasteiger partial charge in [0.1, 0.15) is 23.9 Å². The largest absolute Gasteiger partial charge is 0.494 e. The molecule has 1 heterocycles. The summed E-state index contributed by atoms with van der Waals surface area (Å²) in [5.74, 6) is 0.130. The Labute approximate surface area is 143 Å². The number of nitrogens with one attached hydrogen (secondary N) is 1. The number of aryl methyl sites for hydroxylation is 1. The molecule has 1 N–H and O–H groups in total. The van der Waals surface area contributed by atoms with Crippen LogP contribution in [0.1, 0.15) is 19.4 Å². The van der Waals surface area contributed by atoms with Crippen LogP contribution in [-0.2, 0) is 17.9 Å². The molecule has 2 aromatic rings. The zero-order valence-corrected chi connectivity index (χ0v) is 14.0. The fraction of sp³-hybridized carbons (Fsp3) is 0.294. The third-order valence-electron chi connectivity index (χ3n) is 3.45. The number of carbonyl (C=O) groups is 1. The van der Waals surface area contributed by atoms with Gasteiger partial charge in [0.25, 0.3) is 5.56 Å². The van der Waals surface area contributed by atoms with Crippen molar-refractivity contribution in [2.75, 3.05) is 11.9 Å². The van der Waals surface area contributed by atoms with Gasteiger partial charge in [-0.3, -0.25) is 14.2 Å². The van der Waals surface area contributed by atoms with E-state index in [4.69, 9.17) is 10.00 Å². The van der Waals surface area contributed by atoms with Gasteiger partial charge in [-0.25, -0.2) is 9.36 Å². The van der Waals surface area contributed by atoms with Crippen molar-refractivity contribution in [3.05, 3.63) is 56.9 Å². The number of amides is 1. The molecule has 0 radical (unpaired) electrons. The summed E-state index contributed by atoms with van der Waals surface area (Å²) >= 11 is 0. The molecule has 0 atom stereocenters. The summed E-state index contributed by atoms with van der Waals surface area (Å²) in [7, 11) is 0. The average Bonchev–Trinajstić information content (AvgIpc) is 2.61. The second kappa shape index (κ2) is 7.97. The van der Waals surface area contributed by atoms with Gasteiger partial charge < -0.3 is 10.1 Å². The number of hydrogen-bond donors (Lipinski definition) is 1. The lowest BCUT2D eigenvalue weighted by Gasteiger charge is -2.10. The first-order chi connectivity index (χ1) is 12.0. The Kier molecular flexibility index (Phi) is 5.74. The summed E-state index contributed by atoms with van der Waals surface area (Å²) in [6, 6.07) is 8.45. The van der Waals surface area contributed by atoms with Crippen LogP contribution in [0.15, 0.2) is 40.1 Å². The van der Waals surface area contributed by atoms with Crippen LogP contribution in [0.3, 0.4) is 0 Å². The topological polar surface area (TPSA) is 106 Å². The van der Waals surface area contributed by atoms with Gasteiger partial charge in [0.05, 0.1) is 6.61 Å². The van der Waals surface area contributed by atoms with Gasteiger partial charge in [-0.05, 0) is 38.1 Å². The Hall–Kier alpha value is -3.34. The minimum absolute atomic E-state index is 0.185. The number of ether oxygens (including phenoxy) is 1. The van der Waals surface area contributed by atoms with Crippen molar-refractivity contribution in [1.29, 1.82) is 5.26 Å². The molecule has 25 heavy (non-hydrogen) atoms. The zero-order chi connectivity index (χ0) is 18.4. The monoisotopic (exact) mass is 342 g/mol. The molecule has 0 aliphatic heterocycles. The first-order valence-corrected chi connectivity index (χ1v) is 7.77. The van der Waals surface area contributed by atoms with Crippen molar-refractivity contribution in [3.63, 3.8) is 0 Å². The van der Waals surface area contributed by atoms with Crippen molar-refractivity contribution in [3.8, 4) is 11.8 Å². The van der Waals surface area contributed by atoms with E-state index in [1.54, 1.807) is 37.3 Å². The first kappa shape index (κ1) is 18.0. The van der Waals surface area contributed by atoms with Crippen LogP contribution in [0.5, 0.6) is 5.75 Å². The second-order valence-electron chi connectivity index (χ2n) is 5.12. The minimum Gasteiger partial charge on any atom is -0.494 e. The van der Waals surface area contributed by atoms with Crippen LogP contribution >= 0.6 is 0 Å². The summed E-state index contributed by atoms with van der Waals surface area (Å²) in [4.78, 5) is 36.5. The summed E-state index contributed by atoms with van der Waals surface area (Å²) < 4.78 is 7.28. The smallest absolute Gasteiger partial charge is 0.331 e. The number of benzene rings is 1. The summed E-state index contributed by atoms with van der Waals surface area (Å²) in [5.41, 5.74) is -1.09. The number of rotatable bonds is 6. The fourth-order valence-electron chi connectivity index (χ4n) is 2.24. The minimum atomic E-state index is -0.779. The highest BCUT2D eigenvalue weighted by Crippen LogP contribution is 2.15. The highest BCUT2D eigenvalue weighted by Gasteiger charge is 2.14. The molecular weight excluding hydrogens is 324 g/mol. The SMILES string of the molecule is CCOc1ccc(NC(=O)Cn2c(=O)c(C#N)cn(CC)c2=O)cc1. The molecule has 0 unspecified atom stereocenters. The van der Waals surface area contributed by atoms with Crippen LogP contribution in [0.25, 0.3) is 0 Å². The molecule has 8 heteroatoms. The summed E-state index contributed by atoms with van der Waals surface area (Å²) in [6.45, 7) is 3.92. The average molecular weight is 342 g/mol. The predicted molar refractivity (Wildman–Crippen MR) is 91.6 cm³/mol.